The number of nitrogens with zero attached hydrogens (tertiary/aromatic N) is 3. The quantitative estimate of drug-likeness (QED) is 0.103. The van der Waals surface area contributed by atoms with Gasteiger partial charge in [0.25, 0.3) is 11.4 Å². The number of benzene rings is 4. The number of rotatable bonds is 9. The molecule has 3 aliphatic rings. The molecule has 1 N–H and O–H groups in total. The number of nitrogens with one attached hydrogen (secondary N) is 1. The van der Waals surface area contributed by atoms with Crippen LogP contribution in [0.3, 0.4) is 0 Å². The van der Waals surface area contributed by atoms with Gasteiger partial charge in [-0.05, 0) is 59.4 Å². The molecule has 3 aliphatic heterocycles. The van der Waals surface area contributed by atoms with Gasteiger partial charge in [-0.3, -0.25) is 20.2 Å². The van der Waals surface area contributed by atoms with Crippen LogP contribution in [0, 0.1) is 20.2 Å². The summed E-state index contributed by atoms with van der Waals surface area (Å²) in [7, 11) is 3.14. The molecule has 0 bridgehead atoms. The Bertz CT molecular complexity index is 1900. The van der Waals surface area contributed by atoms with Gasteiger partial charge >= 0.3 is 41.7 Å². The zero-order chi connectivity index (χ0) is 38.9. The van der Waals surface area contributed by atoms with Crippen LogP contribution in [0.25, 0.3) is 22.3 Å². The van der Waals surface area contributed by atoms with Gasteiger partial charge in [-0.25, -0.2) is 9.59 Å². The molecule has 0 spiro atoms. The molecule has 4 aromatic rings. The predicted molar refractivity (Wildman–Crippen MR) is 205 cm³/mol. The third-order valence-electron chi connectivity index (χ3n) is 8.07. The van der Waals surface area contributed by atoms with Crippen molar-refractivity contribution >= 4 is 39.5 Å². The zero-order valence-corrected chi connectivity index (χ0v) is 34.5. The Labute approximate surface area is 350 Å². The first-order valence-electron chi connectivity index (χ1n) is 16.9. The molecule has 3 saturated heterocycles. The number of amides is 2. The molecule has 2 amide bonds. The number of alkyl halides is 1. The fraction of sp³-hybridized carbons (Fsp3) is 0.316. The monoisotopic (exact) mass is 832 g/mol. The van der Waals surface area contributed by atoms with Gasteiger partial charge in [0.2, 0.25) is 0 Å². The van der Waals surface area contributed by atoms with Crippen molar-refractivity contribution in [2.75, 3.05) is 53.7 Å². The van der Waals surface area contributed by atoms with Gasteiger partial charge < -0.3 is 35.3 Å². The van der Waals surface area contributed by atoms with Crippen LogP contribution in [0.2, 0.25) is 0 Å². The van der Waals surface area contributed by atoms with Gasteiger partial charge in [0.1, 0.15) is 24.7 Å². The molecule has 15 nitrogen and oxygen atoms in total. The SMILES string of the molecule is C1CCOC1.COc1ccc(CBr)cc1-c1cccc([N+](=O)[O-])c1.COc1ccc(CN2CCOC2=O)cc1-c1cccc([N+](=O)[O-])c1.O=C1NCCO1.[H-].[Na+]. The average Bonchev–Trinajstić information content (AvgIpc) is 4.02. The number of carbonyl (C=O) groups is 2. The van der Waals surface area contributed by atoms with E-state index in [1.807, 2.05) is 36.4 Å². The first kappa shape index (κ1) is 44.7. The van der Waals surface area contributed by atoms with Gasteiger partial charge in [-0.1, -0.05) is 52.3 Å². The van der Waals surface area contributed by atoms with Gasteiger partial charge in [-0.15, -0.1) is 0 Å². The van der Waals surface area contributed by atoms with Crippen LogP contribution in [-0.4, -0.2) is 80.7 Å². The Morgan fingerprint density at radius 3 is 1.69 bits per heavy atom. The second-order valence-electron chi connectivity index (χ2n) is 11.7. The third-order valence-corrected chi connectivity index (χ3v) is 8.72. The van der Waals surface area contributed by atoms with Crippen molar-refractivity contribution in [2.24, 2.45) is 0 Å². The summed E-state index contributed by atoms with van der Waals surface area (Å²) >= 11 is 3.40. The van der Waals surface area contributed by atoms with Gasteiger partial charge in [0.05, 0.1) is 37.2 Å². The normalized spacial score (nSPS) is 13.8. The summed E-state index contributed by atoms with van der Waals surface area (Å²) in [6.07, 6.45) is 1.93. The molecule has 0 atom stereocenters. The number of methoxy groups -OCH3 is 2. The van der Waals surface area contributed by atoms with Gasteiger partial charge in [0, 0.05) is 60.5 Å². The van der Waals surface area contributed by atoms with E-state index in [2.05, 4.69) is 26.0 Å². The minimum Gasteiger partial charge on any atom is -1.00 e. The molecule has 288 valence electrons. The van der Waals surface area contributed by atoms with Crippen LogP contribution >= 0.6 is 15.9 Å². The van der Waals surface area contributed by atoms with E-state index in [4.69, 9.17) is 18.9 Å². The molecular formula is C38H42BrN4NaO11. The number of nitro groups is 2. The van der Waals surface area contributed by atoms with Crippen LogP contribution in [0.5, 0.6) is 11.5 Å². The van der Waals surface area contributed by atoms with Gasteiger partial charge in [-0.2, -0.15) is 0 Å². The van der Waals surface area contributed by atoms with Crippen LogP contribution in [-0.2, 0) is 26.1 Å². The Hall–Kier alpha value is -4.74. The number of nitro benzene ring substituents is 2. The van der Waals surface area contributed by atoms with E-state index >= 15 is 0 Å². The molecule has 3 heterocycles. The van der Waals surface area contributed by atoms with E-state index in [-0.39, 0.29) is 54.5 Å². The summed E-state index contributed by atoms with van der Waals surface area (Å²) in [5, 5.41) is 25.0. The number of non-ortho nitro benzene ring substituents is 2. The Balaban J connectivity index is 0.000000299. The molecule has 4 aromatic carbocycles. The van der Waals surface area contributed by atoms with E-state index in [0.29, 0.717) is 49.9 Å². The summed E-state index contributed by atoms with van der Waals surface area (Å²) in [5.41, 5.74) is 5.13. The molecule has 7 rings (SSSR count). The predicted octanol–water partition coefficient (Wildman–Crippen LogP) is 5.03. The van der Waals surface area contributed by atoms with E-state index in [1.165, 1.54) is 31.0 Å². The third kappa shape index (κ3) is 13.8. The maximum absolute atomic E-state index is 11.6. The Morgan fingerprint density at radius 1 is 0.764 bits per heavy atom. The van der Waals surface area contributed by atoms with Crippen molar-refractivity contribution < 1.29 is 74.1 Å². The molecule has 17 heteroatoms. The summed E-state index contributed by atoms with van der Waals surface area (Å²) in [4.78, 5) is 44.1. The number of hydrogen-bond donors (Lipinski definition) is 1. The number of carbonyl (C=O) groups excluding carboxylic acids is 2. The molecule has 0 saturated carbocycles. The first-order chi connectivity index (χ1) is 26.1. The fourth-order valence-corrected chi connectivity index (χ4v) is 5.71. The first-order valence-corrected chi connectivity index (χ1v) is 18.0. The van der Waals surface area contributed by atoms with Crippen molar-refractivity contribution in [1.82, 2.24) is 10.2 Å². The maximum Gasteiger partial charge on any atom is 1.00 e. The number of ether oxygens (including phenoxy) is 5. The summed E-state index contributed by atoms with van der Waals surface area (Å²) in [6, 6.07) is 24.2. The number of hydrogen-bond acceptors (Lipinski definition) is 11. The van der Waals surface area contributed by atoms with E-state index in [0.717, 1.165) is 46.4 Å². The van der Waals surface area contributed by atoms with Crippen LogP contribution in [0.4, 0.5) is 21.0 Å². The van der Waals surface area contributed by atoms with Crippen molar-refractivity contribution in [3.8, 4) is 33.8 Å². The van der Waals surface area contributed by atoms with Crippen molar-refractivity contribution in [3.05, 3.63) is 116 Å². The van der Waals surface area contributed by atoms with E-state index < -0.39 is 9.85 Å². The number of halogens is 1. The summed E-state index contributed by atoms with van der Waals surface area (Å²) in [6.45, 7) is 4.56. The number of alkyl carbamates (subject to hydrolysis) is 1. The molecular weight excluding hydrogens is 791 g/mol. The molecule has 0 radical (unpaired) electrons. The summed E-state index contributed by atoms with van der Waals surface area (Å²) < 4.78 is 25.0. The smallest absolute Gasteiger partial charge is 1.00 e. The average molecular weight is 834 g/mol. The number of cyclic esters (lactones) is 2. The molecule has 0 aliphatic carbocycles. The topological polar surface area (TPSA) is 182 Å². The van der Waals surface area contributed by atoms with Crippen molar-refractivity contribution in [3.63, 3.8) is 0 Å². The fourth-order valence-electron chi connectivity index (χ4n) is 5.36. The van der Waals surface area contributed by atoms with Gasteiger partial charge in [0.15, 0.2) is 0 Å². The zero-order valence-electron chi connectivity index (χ0n) is 31.9. The second-order valence-corrected chi connectivity index (χ2v) is 12.3. The molecule has 0 unspecified atom stereocenters. The van der Waals surface area contributed by atoms with Crippen molar-refractivity contribution in [1.29, 1.82) is 0 Å². The summed E-state index contributed by atoms with van der Waals surface area (Å²) in [5.74, 6) is 1.31. The minimum absolute atomic E-state index is 0. The van der Waals surface area contributed by atoms with E-state index in [1.54, 1.807) is 49.5 Å². The molecule has 3 fully saturated rings. The largest absolute Gasteiger partial charge is 1.00 e. The Morgan fingerprint density at radius 2 is 1.31 bits per heavy atom. The van der Waals surface area contributed by atoms with Crippen molar-refractivity contribution in [2.45, 2.75) is 24.7 Å². The van der Waals surface area contributed by atoms with Crippen LogP contribution in [0.1, 0.15) is 25.4 Å². The van der Waals surface area contributed by atoms with E-state index in [9.17, 15) is 29.8 Å². The minimum atomic E-state index is -0.430. The molecule has 55 heavy (non-hydrogen) atoms. The van der Waals surface area contributed by atoms with Crippen LogP contribution in [0.15, 0.2) is 84.9 Å². The standard InChI is InChI=1S/C17H16N2O5.C14H12BrNO3.C4H8O.C3H5NO2.Na.H/c1-23-16-6-5-12(11-18-7-8-24-17(18)20)9-15(16)13-3-2-4-14(10-13)19(21)22;1-19-14-6-5-10(9-15)7-13(14)11-3-2-4-12(8-11)16(17)18;1-2-4-5-3-1;5-3-4-1-2-6-3;;/h2-6,9-10H,7-8,11H2,1H3;2-8H,9H2,1H3;1-4H2;1-2H2,(H,4,5);;/q;;;;+1;-1. The molecule has 0 aromatic heterocycles. The Kier molecular flexibility index (Phi) is 18.9. The van der Waals surface area contributed by atoms with Crippen LogP contribution < -0.4 is 44.3 Å². The maximum atomic E-state index is 11.6. The second kappa shape index (κ2) is 23.2.